The lowest BCUT2D eigenvalue weighted by Gasteiger charge is -2.16. The van der Waals surface area contributed by atoms with Crippen LogP contribution in [0.3, 0.4) is 0 Å². The second-order valence-electron chi connectivity index (χ2n) is 6.11. The van der Waals surface area contributed by atoms with Gasteiger partial charge in [-0.1, -0.05) is 71.4 Å². The number of thiocarbonyl (C=S) groups is 1. The highest BCUT2D eigenvalue weighted by atomic mass is 35.5. The number of anilines is 1. The molecular weight excluding hydrogens is 433 g/mol. The van der Waals surface area contributed by atoms with Gasteiger partial charge in [-0.15, -0.1) is 0 Å². The first kappa shape index (κ1) is 19.3. The van der Waals surface area contributed by atoms with Crippen molar-refractivity contribution in [2.75, 3.05) is 4.90 Å². The van der Waals surface area contributed by atoms with Gasteiger partial charge < -0.3 is 4.42 Å². The van der Waals surface area contributed by atoms with Crippen molar-refractivity contribution in [3.63, 3.8) is 0 Å². The molecule has 0 aliphatic carbocycles. The van der Waals surface area contributed by atoms with Gasteiger partial charge in [-0.3, -0.25) is 9.69 Å². The predicted molar refractivity (Wildman–Crippen MR) is 121 cm³/mol. The van der Waals surface area contributed by atoms with Crippen LogP contribution < -0.4 is 4.90 Å². The normalized spacial score (nSPS) is 15.7. The van der Waals surface area contributed by atoms with Crippen molar-refractivity contribution in [3.8, 4) is 11.3 Å². The third-order valence-electron chi connectivity index (χ3n) is 4.27. The number of halogens is 2. The summed E-state index contributed by atoms with van der Waals surface area (Å²) in [6.45, 7) is 1.95. The number of furan rings is 1. The van der Waals surface area contributed by atoms with E-state index < -0.39 is 0 Å². The summed E-state index contributed by atoms with van der Waals surface area (Å²) in [5.74, 6) is 0.951. The lowest BCUT2D eigenvalue weighted by Crippen LogP contribution is -2.28. The SMILES string of the molecule is Cc1ccccc1N1C(=O)/C(=C\c2ccc(-c3cccc(Cl)c3Cl)o2)SC1=S. The number of carbonyl (C=O) groups excluding carboxylic acids is 1. The van der Waals surface area contributed by atoms with Gasteiger partial charge in [0, 0.05) is 11.6 Å². The number of hydrogen-bond donors (Lipinski definition) is 0. The first-order valence-corrected chi connectivity index (χ1v) is 10.3. The topological polar surface area (TPSA) is 33.5 Å². The van der Waals surface area contributed by atoms with Gasteiger partial charge in [-0.2, -0.15) is 0 Å². The van der Waals surface area contributed by atoms with E-state index in [1.54, 1.807) is 35.2 Å². The maximum Gasteiger partial charge on any atom is 0.270 e. The van der Waals surface area contributed by atoms with Gasteiger partial charge >= 0.3 is 0 Å². The molecule has 3 nitrogen and oxygen atoms in total. The Morgan fingerprint density at radius 1 is 1.07 bits per heavy atom. The van der Waals surface area contributed by atoms with Crippen LogP contribution in [0.15, 0.2) is 63.9 Å². The Hall–Kier alpha value is -2.05. The van der Waals surface area contributed by atoms with E-state index in [9.17, 15) is 4.79 Å². The van der Waals surface area contributed by atoms with Crippen molar-refractivity contribution in [1.29, 1.82) is 0 Å². The summed E-state index contributed by atoms with van der Waals surface area (Å²) in [5.41, 5.74) is 2.47. The molecule has 3 aromatic rings. The number of aryl methyl sites for hydroxylation is 1. The Labute approximate surface area is 181 Å². The van der Waals surface area contributed by atoms with Crippen LogP contribution in [0.5, 0.6) is 0 Å². The fraction of sp³-hybridized carbons (Fsp3) is 0.0476. The van der Waals surface area contributed by atoms with E-state index in [0.717, 1.165) is 11.3 Å². The van der Waals surface area contributed by atoms with Crippen LogP contribution in [0.25, 0.3) is 17.4 Å². The maximum absolute atomic E-state index is 12.9. The number of amides is 1. The highest BCUT2D eigenvalue weighted by molar-refractivity contribution is 8.27. The van der Waals surface area contributed by atoms with Crippen molar-refractivity contribution in [1.82, 2.24) is 0 Å². The van der Waals surface area contributed by atoms with Gasteiger partial charge in [0.15, 0.2) is 4.32 Å². The van der Waals surface area contributed by atoms with Crippen LogP contribution in [0, 0.1) is 6.92 Å². The minimum atomic E-state index is -0.164. The average Bonchev–Trinajstić information content (AvgIpc) is 3.23. The molecule has 0 unspecified atom stereocenters. The summed E-state index contributed by atoms with van der Waals surface area (Å²) < 4.78 is 6.36. The van der Waals surface area contributed by atoms with Gasteiger partial charge in [0.05, 0.1) is 20.6 Å². The first-order chi connectivity index (χ1) is 13.5. The van der Waals surface area contributed by atoms with E-state index in [-0.39, 0.29) is 5.91 Å². The number of benzene rings is 2. The second-order valence-corrected chi connectivity index (χ2v) is 8.57. The third kappa shape index (κ3) is 3.51. The molecular formula is C21H13Cl2NO2S2. The Bertz CT molecular complexity index is 1140. The second kappa shape index (κ2) is 7.76. The number of carbonyl (C=O) groups is 1. The molecule has 7 heteroatoms. The Morgan fingerprint density at radius 2 is 1.86 bits per heavy atom. The molecule has 140 valence electrons. The summed E-state index contributed by atoms with van der Waals surface area (Å²) >= 11 is 19.0. The summed E-state index contributed by atoms with van der Waals surface area (Å²) in [5, 5.41) is 0.882. The van der Waals surface area contributed by atoms with Crippen LogP contribution >= 0.6 is 47.2 Å². The molecule has 1 aliphatic rings. The lowest BCUT2D eigenvalue weighted by molar-refractivity contribution is -0.113. The summed E-state index contributed by atoms with van der Waals surface area (Å²) in [7, 11) is 0. The molecule has 0 atom stereocenters. The molecule has 28 heavy (non-hydrogen) atoms. The molecule has 0 saturated carbocycles. The number of nitrogens with zero attached hydrogens (tertiary/aromatic N) is 1. The monoisotopic (exact) mass is 445 g/mol. The zero-order chi connectivity index (χ0) is 19.8. The van der Waals surface area contributed by atoms with E-state index in [2.05, 4.69) is 0 Å². The summed E-state index contributed by atoms with van der Waals surface area (Å²) in [6, 6.07) is 16.6. The highest BCUT2D eigenvalue weighted by Crippen LogP contribution is 2.38. The number of hydrogen-bond acceptors (Lipinski definition) is 4. The number of rotatable bonds is 3. The van der Waals surface area contributed by atoms with E-state index >= 15 is 0 Å². The standard InChI is InChI=1S/C21H13Cl2NO2S2/c1-12-5-2-3-8-16(12)24-20(25)18(28-21(24)27)11-13-9-10-17(26-13)14-6-4-7-15(22)19(14)23/h2-11H,1H3/b18-11+. The molecule has 1 amide bonds. The minimum absolute atomic E-state index is 0.164. The molecule has 0 bridgehead atoms. The molecule has 4 rings (SSSR count). The molecule has 2 aromatic carbocycles. The average molecular weight is 446 g/mol. The molecule has 1 saturated heterocycles. The van der Waals surface area contributed by atoms with Crippen molar-refractivity contribution in [2.45, 2.75) is 6.92 Å². The van der Waals surface area contributed by atoms with Crippen LogP contribution in [0.2, 0.25) is 10.0 Å². The van der Waals surface area contributed by atoms with E-state index in [4.69, 9.17) is 39.8 Å². The fourth-order valence-electron chi connectivity index (χ4n) is 2.89. The smallest absolute Gasteiger partial charge is 0.270 e. The van der Waals surface area contributed by atoms with Crippen molar-refractivity contribution < 1.29 is 9.21 Å². The van der Waals surface area contributed by atoms with Crippen molar-refractivity contribution in [3.05, 3.63) is 80.9 Å². The largest absolute Gasteiger partial charge is 0.457 e. The molecule has 0 N–H and O–H groups in total. The van der Waals surface area contributed by atoms with E-state index in [1.165, 1.54) is 11.8 Å². The van der Waals surface area contributed by atoms with Gasteiger partial charge in [0.25, 0.3) is 5.91 Å². The molecule has 1 fully saturated rings. The van der Waals surface area contributed by atoms with Gasteiger partial charge in [-0.25, -0.2) is 0 Å². The number of para-hydroxylation sites is 1. The van der Waals surface area contributed by atoms with Gasteiger partial charge in [0.2, 0.25) is 0 Å². The maximum atomic E-state index is 12.9. The summed E-state index contributed by atoms with van der Waals surface area (Å²) in [4.78, 5) is 15.0. The highest BCUT2D eigenvalue weighted by Gasteiger charge is 2.34. The van der Waals surface area contributed by atoms with Gasteiger partial charge in [0.1, 0.15) is 11.5 Å². The van der Waals surface area contributed by atoms with Gasteiger partial charge in [-0.05, 0) is 42.8 Å². The van der Waals surface area contributed by atoms with E-state index in [1.807, 2.05) is 37.3 Å². The summed E-state index contributed by atoms with van der Waals surface area (Å²) in [6.07, 6.45) is 1.69. The van der Waals surface area contributed by atoms with Crippen LogP contribution in [0.1, 0.15) is 11.3 Å². The minimum Gasteiger partial charge on any atom is -0.457 e. The third-order valence-corrected chi connectivity index (χ3v) is 6.39. The Kier molecular flexibility index (Phi) is 5.34. The molecule has 1 aliphatic heterocycles. The van der Waals surface area contributed by atoms with Crippen molar-refractivity contribution in [2.24, 2.45) is 0 Å². The van der Waals surface area contributed by atoms with Crippen LogP contribution in [-0.4, -0.2) is 10.2 Å². The predicted octanol–water partition coefficient (Wildman–Crippen LogP) is 6.97. The molecule has 1 aromatic heterocycles. The van der Waals surface area contributed by atoms with Crippen LogP contribution in [0.4, 0.5) is 5.69 Å². The Morgan fingerprint density at radius 3 is 2.64 bits per heavy atom. The van der Waals surface area contributed by atoms with Crippen LogP contribution in [-0.2, 0) is 4.79 Å². The van der Waals surface area contributed by atoms with E-state index in [0.29, 0.717) is 36.4 Å². The molecule has 0 spiro atoms. The first-order valence-electron chi connectivity index (χ1n) is 8.33. The fourth-order valence-corrected chi connectivity index (χ4v) is 4.55. The zero-order valence-corrected chi connectivity index (χ0v) is 17.8. The number of thioether (sulfide) groups is 1. The quantitative estimate of drug-likeness (QED) is 0.321. The molecule has 0 radical (unpaired) electrons. The Balaban J connectivity index is 1.65. The lowest BCUT2D eigenvalue weighted by atomic mass is 10.2. The van der Waals surface area contributed by atoms with Crippen molar-refractivity contribution >= 4 is 69.2 Å². The zero-order valence-electron chi connectivity index (χ0n) is 14.6. The molecule has 2 heterocycles.